The highest BCUT2D eigenvalue weighted by Crippen LogP contribution is 2.28. The van der Waals surface area contributed by atoms with Crippen LogP contribution in [0, 0.1) is 0 Å². The van der Waals surface area contributed by atoms with E-state index in [9.17, 15) is 26.4 Å². The Morgan fingerprint density at radius 3 is 2.39 bits per heavy atom. The van der Waals surface area contributed by atoms with Gasteiger partial charge in [-0.15, -0.1) is 23.4 Å². The quantitative estimate of drug-likeness (QED) is 0.390. The lowest BCUT2D eigenvalue weighted by Crippen LogP contribution is -2.26. The molecule has 3 rings (SSSR count). The number of carbonyl (C=O) groups is 1. The van der Waals surface area contributed by atoms with Crippen LogP contribution in [-0.4, -0.2) is 44.5 Å². The molecule has 0 spiro atoms. The fourth-order valence-corrected chi connectivity index (χ4v) is 4.97. The van der Waals surface area contributed by atoms with Crippen LogP contribution in [-0.2, 0) is 16.4 Å². The molecule has 0 saturated carbocycles. The summed E-state index contributed by atoms with van der Waals surface area (Å²) in [6.07, 6.45) is -4.56. The molecule has 0 aliphatic rings. The van der Waals surface area contributed by atoms with Crippen molar-refractivity contribution >= 4 is 32.4 Å². The first-order chi connectivity index (χ1) is 16.9. The van der Waals surface area contributed by atoms with E-state index in [1.54, 1.807) is 12.1 Å². The minimum Gasteiger partial charge on any atom is -0.496 e. The number of halogens is 3. The van der Waals surface area contributed by atoms with Gasteiger partial charge < -0.3 is 14.8 Å². The van der Waals surface area contributed by atoms with Crippen LogP contribution >= 0.6 is 11.3 Å². The molecule has 0 unspecified atom stereocenters. The maximum atomic E-state index is 12.6. The zero-order valence-corrected chi connectivity index (χ0v) is 21.1. The van der Waals surface area contributed by atoms with E-state index in [0.717, 1.165) is 29.0 Å². The number of nitrogens with one attached hydrogen (secondary N) is 2. The van der Waals surface area contributed by atoms with Crippen molar-refractivity contribution in [2.24, 2.45) is 0 Å². The molecule has 9 nitrogen and oxygen atoms in total. The van der Waals surface area contributed by atoms with Crippen molar-refractivity contribution in [3.05, 3.63) is 58.6 Å². The number of benzene rings is 2. The molecule has 0 radical (unpaired) electrons. The number of rotatable bonds is 10. The van der Waals surface area contributed by atoms with Crippen LogP contribution in [0.5, 0.6) is 11.5 Å². The van der Waals surface area contributed by atoms with Crippen LogP contribution in [0.15, 0.2) is 47.4 Å². The van der Waals surface area contributed by atoms with Crippen LogP contribution in [0.25, 0.3) is 0 Å². The van der Waals surface area contributed by atoms with Gasteiger partial charge in [0, 0.05) is 12.5 Å². The van der Waals surface area contributed by atoms with Crippen molar-refractivity contribution < 1.29 is 35.9 Å². The van der Waals surface area contributed by atoms with Crippen molar-refractivity contribution in [1.29, 1.82) is 0 Å². The van der Waals surface area contributed by atoms with E-state index in [-0.39, 0.29) is 33.8 Å². The second kappa shape index (κ2) is 11.1. The summed E-state index contributed by atoms with van der Waals surface area (Å²) < 4.78 is 74.0. The van der Waals surface area contributed by atoms with Crippen molar-refractivity contribution in [1.82, 2.24) is 15.5 Å². The summed E-state index contributed by atoms with van der Waals surface area (Å²) in [5, 5.41) is 11.3. The predicted octanol–water partition coefficient (Wildman–Crippen LogP) is 4.34. The predicted molar refractivity (Wildman–Crippen MR) is 127 cm³/mol. The number of carbonyl (C=O) groups excluding carboxylic acids is 1. The summed E-state index contributed by atoms with van der Waals surface area (Å²) in [4.78, 5) is 12.5. The topological polar surface area (TPSA) is 120 Å². The molecule has 1 amide bonds. The van der Waals surface area contributed by atoms with Gasteiger partial charge in [0.05, 0.1) is 17.6 Å². The number of hydrogen-bond donors (Lipinski definition) is 2. The Morgan fingerprint density at radius 2 is 1.81 bits per heavy atom. The van der Waals surface area contributed by atoms with Gasteiger partial charge in [-0.25, -0.2) is 8.42 Å². The Kier molecular flexibility index (Phi) is 8.40. The third kappa shape index (κ3) is 7.31. The first-order valence-electron chi connectivity index (χ1n) is 10.5. The maximum absolute atomic E-state index is 12.6. The van der Waals surface area contributed by atoms with E-state index in [1.807, 2.05) is 13.8 Å². The lowest BCUT2D eigenvalue weighted by molar-refractivity contribution is -0.274. The highest BCUT2D eigenvalue weighted by atomic mass is 32.2. The summed E-state index contributed by atoms with van der Waals surface area (Å²) in [5.74, 6) is -0.993. The summed E-state index contributed by atoms with van der Waals surface area (Å²) >= 11 is 1.16. The molecule has 0 aliphatic heterocycles. The van der Waals surface area contributed by atoms with Gasteiger partial charge in [0.1, 0.15) is 16.5 Å². The van der Waals surface area contributed by atoms with E-state index in [2.05, 4.69) is 25.0 Å². The van der Waals surface area contributed by atoms with Crippen molar-refractivity contribution in [3.8, 4) is 11.5 Å². The second-order valence-electron chi connectivity index (χ2n) is 7.77. The van der Waals surface area contributed by atoms with Crippen LogP contribution in [0.1, 0.15) is 40.7 Å². The van der Waals surface area contributed by atoms with Gasteiger partial charge in [-0.1, -0.05) is 37.3 Å². The van der Waals surface area contributed by atoms with Crippen LogP contribution in [0.2, 0.25) is 0 Å². The second-order valence-corrected chi connectivity index (χ2v) is 10.5. The molecular weight excluding hydrogens is 521 g/mol. The number of methoxy groups -OCH3 is 1. The van der Waals surface area contributed by atoms with Crippen LogP contribution < -0.4 is 19.5 Å². The molecule has 2 N–H and O–H groups in total. The lowest BCUT2D eigenvalue weighted by Gasteiger charge is -2.13. The molecule has 0 saturated heterocycles. The standard InChI is InChI=1S/C22H23F3N4O5S2/c1-13(2)20-27-28-21(35-20)29-36(31,32)16-7-4-14(5-8-16)10-11-26-19(30)17-12-15(34-22(23,24)25)6-9-18(17)33-3/h4-9,12-13H,10-11H2,1-3H3,(H,26,30)(H,28,29). The fourth-order valence-electron chi connectivity index (χ4n) is 3.00. The Morgan fingerprint density at radius 1 is 1.11 bits per heavy atom. The van der Waals surface area contributed by atoms with Crippen molar-refractivity contribution in [3.63, 3.8) is 0 Å². The van der Waals surface area contributed by atoms with Crippen LogP contribution in [0.3, 0.4) is 0 Å². The first kappa shape index (κ1) is 27.2. The number of amides is 1. The average molecular weight is 545 g/mol. The van der Waals surface area contributed by atoms with Gasteiger partial charge in [-0.05, 0) is 42.3 Å². The Hall–Kier alpha value is -3.39. The summed E-state index contributed by atoms with van der Waals surface area (Å²) in [6, 6.07) is 9.22. The molecule has 3 aromatic rings. The minimum absolute atomic E-state index is 0.0304. The third-order valence-corrected chi connectivity index (χ3v) is 7.36. The SMILES string of the molecule is COc1ccc(OC(F)(F)F)cc1C(=O)NCCc1ccc(S(=O)(=O)Nc2nnc(C(C)C)s2)cc1. The number of ether oxygens (including phenoxy) is 2. The summed E-state index contributed by atoms with van der Waals surface area (Å²) in [7, 11) is -2.57. The molecule has 0 bridgehead atoms. The van der Waals surface area contributed by atoms with Gasteiger partial charge in [-0.3, -0.25) is 9.52 Å². The molecule has 14 heteroatoms. The Bertz CT molecular complexity index is 1310. The smallest absolute Gasteiger partial charge is 0.496 e. The van der Waals surface area contributed by atoms with Gasteiger partial charge in [0.25, 0.3) is 15.9 Å². The van der Waals surface area contributed by atoms with E-state index in [0.29, 0.717) is 11.4 Å². The maximum Gasteiger partial charge on any atom is 0.573 e. The molecule has 0 aliphatic carbocycles. The van der Waals surface area contributed by atoms with E-state index in [4.69, 9.17) is 4.74 Å². The highest BCUT2D eigenvalue weighted by molar-refractivity contribution is 7.93. The zero-order chi connectivity index (χ0) is 26.5. The van der Waals surface area contributed by atoms with E-state index in [1.165, 1.54) is 25.3 Å². The van der Waals surface area contributed by atoms with Crippen molar-refractivity contribution in [2.45, 2.75) is 37.4 Å². The third-order valence-electron chi connectivity index (χ3n) is 4.74. The molecule has 2 aromatic carbocycles. The molecule has 36 heavy (non-hydrogen) atoms. The lowest BCUT2D eigenvalue weighted by atomic mass is 10.1. The van der Waals surface area contributed by atoms with Gasteiger partial charge >= 0.3 is 6.36 Å². The molecule has 194 valence electrons. The number of sulfonamides is 1. The Balaban J connectivity index is 1.60. The van der Waals surface area contributed by atoms with Gasteiger partial charge in [0.15, 0.2) is 0 Å². The largest absolute Gasteiger partial charge is 0.573 e. The molecule has 1 aromatic heterocycles. The summed E-state index contributed by atoms with van der Waals surface area (Å²) in [5.41, 5.74) is 0.609. The highest BCUT2D eigenvalue weighted by Gasteiger charge is 2.31. The Labute approximate surface area is 209 Å². The number of hydrogen-bond acceptors (Lipinski definition) is 8. The molecule has 0 fully saturated rings. The van der Waals surface area contributed by atoms with E-state index >= 15 is 0 Å². The first-order valence-corrected chi connectivity index (χ1v) is 12.8. The average Bonchev–Trinajstić information content (AvgIpc) is 3.26. The number of aromatic nitrogens is 2. The fraction of sp³-hybridized carbons (Fsp3) is 0.318. The summed E-state index contributed by atoms with van der Waals surface area (Å²) in [6.45, 7) is 3.99. The zero-order valence-electron chi connectivity index (χ0n) is 19.4. The van der Waals surface area contributed by atoms with Gasteiger partial charge in [0.2, 0.25) is 5.13 Å². The molecule has 1 heterocycles. The monoisotopic (exact) mass is 544 g/mol. The van der Waals surface area contributed by atoms with E-state index < -0.39 is 28.0 Å². The molecule has 0 atom stereocenters. The normalized spacial score (nSPS) is 11.9. The molecular formula is C22H23F3N4O5S2. The van der Waals surface area contributed by atoms with Crippen LogP contribution in [0.4, 0.5) is 18.3 Å². The van der Waals surface area contributed by atoms with Crippen molar-refractivity contribution in [2.75, 3.05) is 18.4 Å². The number of nitrogens with zero attached hydrogens (tertiary/aromatic N) is 2. The number of alkyl halides is 3. The van der Waals surface area contributed by atoms with Gasteiger partial charge in [-0.2, -0.15) is 0 Å². The number of anilines is 1. The minimum atomic E-state index is -4.90.